The van der Waals surface area contributed by atoms with Gasteiger partial charge in [-0.15, -0.1) is 0 Å². The normalized spacial score (nSPS) is 30.9. The van der Waals surface area contributed by atoms with Crippen molar-refractivity contribution in [2.24, 2.45) is 0 Å². The zero-order valence-electron chi connectivity index (χ0n) is 11.3. The average molecular weight is 263 g/mol. The van der Waals surface area contributed by atoms with E-state index >= 15 is 0 Å². The number of aliphatic hydroxyl groups is 1. The third kappa shape index (κ3) is 2.76. The van der Waals surface area contributed by atoms with Crippen LogP contribution in [0.2, 0.25) is 0 Å². The number of fused-ring (bicyclic) bond motifs is 1. The van der Waals surface area contributed by atoms with Gasteiger partial charge in [-0.3, -0.25) is 4.90 Å². The molecule has 4 heteroatoms. The Morgan fingerprint density at radius 2 is 2.16 bits per heavy atom. The number of nitrogens with zero attached hydrogens (tertiary/aromatic N) is 1. The van der Waals surface area contributed by atoms with Crippen molar-refractivity contribution in [2.75, 3.05) is 26.3 Å². The van der Waals surface area contributed by atoms with Gasteiger partial charge in [0.1, 0.15) is 11.9 Å². The number of morpholine rings is 1. The van der Waals surface area contributed by atoms with Gasteiger partial charge in [-0.25, -0.2) is 0 Å². The van der Waals surface area contributed by atoms with Crippen LogP contribution in [0.1, 0.15) is 12.5 Å². The van der Waals surface area contributed by atoms with Crippen LogP contribution in [0.15, 0.2) is 24.3 Å². The van der Waals surface area contributed by atoms with E-state index in [9.17, 15) is 5.11 Å². The minimum atomic E-state index is -0.0556. The molecule has 1 N–H and O–H groups in total. The summed E-state index contributed by atoms with van der Waals surface area (Å²) in [4.78, 5) is 2.36. The quantitative estimate of drug-likeness (QED) is 0.886. The minimum absolute atomic E-state index is 0.0556. The number of ether oxygens (including phenoxy) is 2. The summed E-state index contributed by atoms with van der Waals surface area (Å²) in [5.41, 5.74) is 1.30. The molecule has 2 aliphatic heterocycles. The number of aliphatic hydroxyl groups excluding tert-OH is 1. The maximum atomic E-state index is 9.22. The highest BCUT2D eigenvalue weighted by atomic mass is 16.5. The lowest BCUT2D eigenvalue weighted by atomic mass is 10.1. The first kappa shape index (κ1) is 12.9. The summed E-state index contributed by atoms with van der Waals surface area (Å²) in [6, 6.07) is 8.63. The molecule has 0 aliphatic carbocycles. The van der Waals surface area contributed by atoms with Gasteiger partial charge in [-0.2, -0.15) is 0 Å². The van der Waals surface area contributed by atoms with E-state index in [1.807, 2.05) is 12.1 Å². The molecule has 0 radical (unpaired) electrons. The van der Waals surface area contributed by atoms with Crippen LogP contribution in [-0.4, -0.2) is 54.6 Å². The van der Waals surface area contributed by atoms with Gasteiger partial charge in [0.15, 0.2) is 0 Å². The number of hydrogen-bond donors (Lipinski definition) is 1. The molecule has 3 unspecified atom stereocenters. The van der Waals surface area contributed by atoms with E-state index in [1.54, 1.807) is 0 Å². The van der Waals surface area contributed by atoms with Gasteiger partial charge in [-0.1, -0.05) is 18.2 Å². The molecule has 2 aliphatic rings. The maximum Gasteiger partial charge on any atom is 0.123 e. The van der Waals surface area contributed by atoms with Gasteiger partial charge in [0, 0.05) is 25.6 Å². The van der Waals surface area contributed by atoms with Crippen LogP contribution >= 0.6 is 0 Å². The first-order valence-corrected chi connectivity index (χ1v) is 6.97. The van der Waals surface area contributed by atoms with Crippen molar-refractivity contribution < 1.29 is 14.6 Å². The molecule has 0 aromatic heterocycles. The highest BCUT2D eigenvalue weighted by Gasteiger charge is 2.30. The van der Waals surface area contributed by atoms with E-state index in [1.165, 1.54) is 5.56 Å². The molecule has 104 valence electrons. The molecule has 3 rings (SSSR count). The molecule has 1 aromatic carbocycles. The third-order valence-electron chi connectivity index (χ3n) is 3.99. The smallest absolute Gasteiger partial charge is 0.123 e. The Morgan fingerprint density at radius 1 is 1.32 bits per heavy atom. The Hall–Kier alpha value is -1.10. The summed E-state index contributed by atoms with van der Waals surface area (Å²) in [6.45, 7) is 4.62. The zero-order valence-corrected chi connectivity index (χ0v) is 11.3. The second-order valence-corrected chi connectivity index (χ2v) is 5.49. The SMILES string of the molecule is CC1COC(CO)CN1CC1Cc2ccccc2O1. The predicted molar refractivity (Wildman–Crippen MR) is 72.4 cm³/mol. The van der Waals surface area contributed by atoms with Gasteiger partial charge >= 0.3 is 0 Å². The van der Waals surface area contributed by atoms with Crippen LogP contribution < -0.4 is 4.74 Å². The third-order valence-corrected chi connectivity index (χ3v) is 3.99. The van der Waals surface area contributed by atoms with Gasteiger partial charge in [0.2, 0.25) is 0 Å². The Morgan fingerprint density at radius 3 is 2.95 bits per heavy atom. The van der Waals surface area contributed by atoms with Crippen molar-refractivity contribution in [3.63, 3.8) is 0 Å². The topological polar surface area (TPSA) is 41.9 Å². The summed E-state index contributed by atoms with van der Waals surface area (Å²) in [5, 5.41) is 9.22. The predicted octanol–water partition coefficient (Wildman–Crippen LogP) is 1.07. The second kappa shape index (κ2) is 5.49. The van der Waals surface area contributed by atoms with E-state index in [0.717, 1.165) is 25.3 Å². The highest BCUT2D eigenvalue weighted by Crippen LogP contribution is 2.29. The van der Waals surface area contributed by atoms with Crippen molar-refractivity contribution in [3.05, 3.63) is 29.8 Å². The number of hydrogen-bond acceptors (Lipinski definition) is 4. The summed E-state index contributed by atoms with van der Waals surface area (Å²) >= 11 is 0. The molecule has 0 saturated carbocycles. The molecule has 19 heavy (non-hydrogen) atoms. The molecule has 0 amide bonds. The average Bonchev–Trinajstić information content (AvgIpc) is 2.83. The molecule has 1 aromatic rings. The Balaban J connectivity index is 1.60. The van der Waals surface area contributed by atoms with Crippen molar-refractivity contribution in [1.29, 1.82) is 0 Å². The van der Waals surface area contributed by atoms with Crippen LogP contribution in [0, 0.1) is 0 Å². The molecular formula is C15H21NO3. The van der Waals surface area contributed by atoms with Crippen molar-refractivity contribution in [1.82, 2.24) is 4.90 Å². The summed E-state index contributed by atoms with van der Waals surface area (Å²) in [5.74, 6) is 1.02. The van der Waals surface area contributed by atoms with Gasteiger partial charge < -0.3 is 14.6 Å². The van der Waals surface area contributed by atoms with E-state index in [4.69, 9.17) is 9.47 Å². The zero-order chi connectivity index (χ0) is 13.2. The van der Waals surface area contributed by atoms with Crippen LogP contribution in [0.25, 0.3) is 0 Å². The molecular weight excluding hydrogens is 242 g/mol. The number of para-hydroxylation sites is 1. The first-order chi connectivity index (χ1) is 9.26. The fourth-order valence-corrected chi connectivity index (χ4v) is 2.86. The highest BCUT2D eigenvalue weighted by molar-refractivity contribution is 5.37. The van der Waals surface area contributed by atoms with E-state index in [0.29, 0.717) is 12.6 Å². The maximum absolute atomic E-state index is 9.22. The van der Waals surface area contributed by atoms with Crippen LogP contribution in [-0.2, 0) is 11.2 Å². The van der Waals surface area contributed by atoms with E-state index < -0.39 is 0 Å². The molecule has 0 spiro atoms. The van der Waals surface area contributed by atoms with E-state index in [2.05, 4.69) is 24.0 Å². The van der Waals surface area contributed by atoms with Gasteiger partial charge in [0.25, 0.3) is 0 Å². The van der Waals surface area contributed by atoms with Crippen molar-refractivity contribution >= 4 is 0 Å². The molecule has 1 fully saturated rings. The molecule has 4 nitrogen and oxygen atoms in total. The summed E-state index contributed by atoms with van der Waals surface area (Å²) in [6.07, 6.45) is 1.14. The first-order valence-electron chi connectivity index (χ1n) is 6.97. The largest absolute Gasteiger partial charge is 0.488 e. The van der Waals surface area contributed by atoms with Crippen molar-refractivity contribution in [2.45, 2.75) is 31.6 Å². The number of benzene rings is 1. The lowest BCUT2D eigenvalue weighted by molar-refractivity contribution is -0.0840. The second-order valence-electron chi connectivity index (χ2n) is 5.49. The van der Waals surface area contributed by atoms with Crippen LogP contribution in [0.5, 0.6) is 5.75 Å². The minimum Gasteiger partial charge on any atom is -0.488 e. The molecule has 1 saturated heterocycles. The van der Waals surface area contributed by atoms with Crippen LogP contribution in [0.4, 0.5) is 0 Å². The summed E-state index contributed by atoms with van der Waals surface area (Å²) in [7, 11) is 0. The standard InChI is InChI=1S/C15H21NO3/c1-11-10-18-14(9-17)8-16(11)7-13-6-12-4-2-3-5-15(12)19-13/h2-5,11,13-14,17H,6-10H2,1H3. The lowest BCUT2D eigenvalue weighted by Gasteiger charge is -2.38. The fraction of sp³-hybridized carbons (Fsp3) is 0.600. The Bertz CT molecular complexity index is 412. The van der Waals surface area contributed by atoms with Gasteiger partial charge in [-0.05, 0) is 18.6 Å². The summed E-state index contributed by atoms with van der Waals surface area (Å²) < 4.78 is 11.5. The Labute approximate surface area is 113 Å². The molecule has 3 atom stereocenters. The van der Waals surface area contributed by atoms with Crippen LogP contribution in [0.3, 0.4) is 0 Å². The number of rotatable bonds is 3. The van der Waals surface area contributed by atoms with Crippen molar-refractivity contribution in [3.8, 4) is 5.75 Å². The van der Waals surface area contributed by atoms with E-state index in [-0.39, 0.29) is 18.8 Å². The monoisotopic (exact) mass is 263 g/mol. The fourth-order valence-electron chi connectivity index (χ4n) is 2.86. The van der Waals surface area contributed by atoms with Gasteiger partial charge in [0.05, 0.1) is 19.3 Å². The molecule has 2 heterocycles. The molecule has 0 bridgehead atoms. The lowest BCUT2D eigenvalue weighted by Crippen LogP contribution is -2.52. The Kier molecular flexibility index (Phi) is 3.73.